The van der Waals surface area contributed by atoms with Crippen LogP contribution in [-0.4, -0.2) is 4.40 Å². The van der Waals surface area contributed by atoms with Crippen LogP contribution in [0.15, 0.2) is 72.9 Å². The number of aromatic nitrogens is 2. The number of hydrogen-bond acceptors (Lipinski definition) is 0. The van der Waals surface area contributed by atoms with Gasteiger partial charge in [-0.1, -0.05) is 75.4 Å². The lowest BCUT2D eigenvalue weighted by Gasteiger charge is -2.22. The fraction of sp³-hybridized carbons (Fsp3) is 0.250. The highest BCUT2D eigenvalue weighted by atomic mass is 15.0. The molecule has 0 aliphatic heterocycles. The van der Waals surface area contributed by atoms with Crippen LogP contribution in [-0.2, 0) is 13.5 Å². The third-order valence-corrected chi connectivity index (χ3v) is 8.50. The molecule has 0 aliphatic rings. The van der Waals surface area contributed by atoms with Gasteiger partial charge >= 0.3 is 0 Å². The van der Waals surface area contributed by atoms with Crippen molar-refractivity contribution in [2.75, 3.05) is 0 Å². The molecule has 2 nitrogen and oxygen atoms in total. The second-order valence-corrected chi connectivity index (χ2v) is 12.5. The Labute approximate surface area is 224 Å². The van der Waals surface area contributed by atoms with Gasteiger partial charge in [0.25, 0.3) is 0 Å². The summed E-state index contributed by atoms with van der Waals surface area (Å²) in [7, 11) is 2.23. The average molecular weight is 496 g/mol. The summed E-state index contributed by atoms with van der Waals surface area (Å²) in [6.45, 7) is 13.9. The molecule has 7 rings (SSSR count). The molecule has 0 aliphatic carbocycles. The topological polar surface area (TPSA) is 8.29 Å². The molecule has 0 saturated heterocycles. The van der Waals surface area contributed by atoms with E-state index < -0.39 is 0 Å². The van der Waals surface area contributed by atoms with Crippen LogP contribution in [0.5, 0.6) is 0 Å². The predicted octanol–water partition coefficient (Wildman–Crippen LogP) is 9.00. The zero-order valence-electron chi connectivity index (χ0n) is 23.5. The lowest BCUT2D eigenvalue weighted by atomic mass is 9.84. The van der Waals surface area contributed by atoms with Crippen molar-refractivity contribution in [2.24, 2.45) is 12.5 Å². The molecule has 0 fully saturated rings. The smallest absolute Gasteiger partial charge is 0.224 e. The Hall–Kier alpha value is -3.91. The van der Waals surface area contributed by atoms with Crippen LogP contribution in [0.2, 0.25) is 0 Å². The first kappa shape index (κ1) is 23.2. The summed E-state index contributed by atoms with van der Waals surface area (Å²) in [5.41, 5.74) is 13.6. The van der Waals surface area contributed by atoms with Crippen molar-refractivity contribution in [3.8, 4) is 11.1 Å². The molecule has 0 radical (unpaired) electrons. The lowest BCUT2D eigenvalue weighted by Crippen LogP contribution is -2.30. The molecular weight excluding hydrogens is 460 g/mol. The summed E-state index contributed by atoms with van der Waals surface area (Å²) in [5.74, 6) is 0. The second kappa shape index (κ2) is 7.80. The van der Waals surface area contributed by atoms with Crippen molar-refractivity contribution in [1.82, 2.24) is 4.40 Å². The fourth-order valence-corrected chi connectivity index (χ4v) is 6.95. The normalized spacial score (nSPS) is 12.7. The number of pyridine rings is 2. The number of rotatable bonds is 2. The number of para-hydroxylation sites is 1. The molecule has 3 aromatic heterocycles. The minimum absolute atomic E-state index is 0.171. The zero-order chi connectivity index (χ0) is 26.5. The molecule has 4 aromatic carbocycles. The van der Waals surface area contributed by atoms with Crippen LogP contribution in [0, 0.1) is 26.2 Å². The maximum Gasteiger partial charge on any atom is 0.224 e. The van der Waals surface area contributed by atoms with E-state index in [9.17, 15) is 0 Å². The van der Waals surface area contributed by atoms with Crippen LogP contribution in [0.4, 0.5) is 0 Å². The van der Waals surface area contributed by atoms with E-state index in [1.807, 2.05) is 0 Å². The van der Waals surface area contributed by atoms with E-state index in [1.165, 1.54) is 82.4 Å². The van der Waals surface area contributed by atoms with Crippen molar-refractivity contribution in [2.45, 2.75) is 48.0 Å². The summed E-state index contributed by atoms with van der Waals surface area (Å²) in [5, 5.41) is 6.86. The largest absolute Gasteiger partial charge is 0.307 e. The van der Waals surface area contributed by atoms with Gasteiger partial charge in [-0.3, -0.25) is 0 Å². The number of hydrogen-bond donors (Lipinski definition) is 0. The van der Waals surface area contributed by atoms with Crippen molar-refractivity contribution in [3.05, 3.63) is 95.2 Å². The minimum atomic E-state index is 0.171. The van der Waals surface area contributed by atoms with E-state index >= 15 is 0 Å². The van der Waals surface area contributed by atoms with Crippen molar-refractivity contribution >= 4 is 49.0 Å². The van der Waals surface area contributed by atoms with Crippen LogP contribution >= 0.6 is 0 Å². The SMILES string of the molecule is Cc1cc(C)c2c(c1C)c1c3c(cc(CC(C)(C)C)c4c5ccccc5n2c43)c(-c2ccccc2)c[n+]1C. The van der Waals surface area contributed by atoms with Crippen molar-refractivity contribution in [1.29, 1.82) is 0 Å². The van der Waals surface area contributed by atoms with Gasteiger partial charge in [-0.25, -0.2) is 0 Å². The highest BCUT2D eigenvalue weighted by Crippen LogP contribution is 2.46. The third kappa shape index (κ3) is 3.10. The molecule has 0 spiro atoms. The van der Waals surface area contributed by atoms with E-state index in [1.54, 1.807) is 0 Å². The molecule has 0 atom stereocenters. The van der Waals surface area contributed by atoms with Crippen LogP contribution in [0.25, 0.3) is 60.1 Å². The minimum Gasteiger partial charge on any atom is -0.307 e. The maximum absolute atomic E-state index is 2.60. The van der Waals surface area contributed by atoms with Crippen LogP contribution in [0.1, 0.15) is 43.0 Å². The first-order valence-electron chi connectivity index (χ1n) is 13.7. The van der Waals surface area contributed by atoms with Crippen molar-refractivity contribution in [3.63, 3.8) is 0 Å². The van der Waals surface area contributed by atoms with Crippen molar-refractivity contribution < 1.29 is 4.57 Å². The van der Waals surface area contributed by atoms with Gasteiger partial charge in [0, 0.05) is 16.2 Å². The monoisotopic (exact) mass is 495 g/mol. The summed E-state index contributed by atoms with van der Waals surface area (Å²) < 4.78 is 4.98. The highest BCUT2D eigenvalue weighted by molar-refractivity contribution is 6.30. The van der Waals surface area contributed by atoms with Gasteiger partial charge < -0.3 is 4.40 Å². The molecule has 188 valence electrons. The Morgan fingerprint density at radius 2 is 1.45 bits per heavy atom. The van der Waals surface area contributed by atoms with Gasteiger partial charge in [0.2, 0.25) is 5.52 Å². The van der Waals surface area contributed by atoms with Gasteiger partial charge in [0.05, 0.1) is 32.9 Å². The molecule has 3 heterocycles. The standard InChI is InChI=1S/C36H35N2/c1-21-17-22(2)33-30(23(21)3)34-32-27(28(20-37(34)7)24-13-9-8-10-14-24)18-25(19-36(4,5)6)31-26-15-11-12-16-29(26)38(33)35(31)32/h8-18,20H,19H2,1-7H3/q+1. The zero-order valence-corrected chi connectivity index (χ0v) is 23.5. The average Bonchev–Trinajstić information content (AvgIpc) is 3.23. The summed E-state index contributed by atoms with van der Waals surface area (Å²) in [6, 6.07) is 24.8. The van der Waals surface area contributed by atoms with E-state index in [4.69, 9.17) is 0 Å². The van der Waals surface area contributed by atoms with E-state index in [0.29, 0.717) is 0 Å². The molecule has 7 aromatic rings. The summed E-state index contributed by atoms with van der Waals surface area (Å²) in [6.07, 6.45) is 3.38. The van der Waals surface area contributed by atoms with Crippen LogP contribution in [0.3, 0.4) is 0 Å². The van der Waals surface area contributed by atoms with Gasteiger partial charge in [0.1, 0.15) is 7.05 Å². The Balaban J connectivity index is 1.88. The quantitative estimate of drug-likeness (QED) is 0.128. The molecule has 0 bridgehead atoms. The molecular formula is C36H35N2+. The van der Waals surface area contributed by atoms with Crippen LogP contribution < -0.4 is 4.57 Å². The Bertz CT molecular complexity index is 2050. The highest BCUT2D eigenvalue weighted by Gasteiger charge is 2.29. The van der Waals surface area contributed by atoms with E-state index in [-0.39, 0.29) is 5.41 Å². The Morgan fingerprint density at radius 1 is 0.737 bits per heavy atom. The number of benzene rings is 4. The number of nitrogens with zero attached hydrogens (tertiary/aromatic N) is 2. The first-order chi connectivity index (χ1) is 18.2. The third-order valence-electron chi connectivity index (χ3n) is 8.50. The molecule has 38 heavy (non-hydrogen) atoms. The van der Waals surface area contributed by atoms with Gasteiger partial charge in [-0.15, -0.1) is 0 Å². The molecule has 0 saturated carbocycles. The summed E-state index contributed by atoms with van der Waals surface area (Å²) >= 11 is 0. The van der Waals surface area contributed by atoms with Gasteiger partial charge in [-0.2, -0.15) is 4.57 Å². The summed E-state index contributed by atoms with van der Waals surface area (Å²) in [4.78, 5) is 0. The van der Waals surface area contributed by atoms with Gasteiger partial charge in [0.15, 0.2) is 6.20 Å². The molecule has 0 unspecified atom stereocenters. The first-order valence-corrected chi connectivity index (χ1v) is 13.7. The Morgan fingerprint density at radius 3 is 2.18 bits per heavy atom. The number of aryl methyl sites for hydroxylation is 4. The molecule has 2 heteroatoms. The molecule has 0 amide bonds. The lowest BCUT2D eigenvalue weighted by molar-refractivity contribution is -0.643. The predicted molar refractivity (Wildman–Crippen MR) is 163 cm³/mol. The Kier molecular flexibility index (Phi) is 4.77. The van der Waals surface area contributed by atoms with E-state index in [0.717, 1.165) is 6.42 Å². The molecule has 0 N–H and O–H groups in total. The number of fused-ring (bicyclic) bond motifs is 6. The second-order valence-electron chi connectivity index (χ2n) is 12.5. The van der Waals surface area contributed by atoms with Gasteiger partial charge in [-0.05, 0) is 72.6 Å². The fourth-order valence-electron chi connectivity index (χ4n) is 6.95. The van der Waals surface area contributed by atoms with E-state index in [2.05, 4.69) is 130 Å². The maximum atomic E-state index is 2.60.